The van der Waals surface area contributed by atoms with Crippen molar-refractivity contribution >= 4 is 6.09 Å². The molecule has 0 saturated heterocycles. The highest BCUT2D eigenvalue weighted by Gasteiger charge is 2.17. The second-order valence-corrected chi connectivity index (χ2v) is 2.92. The van der Waals surface area contributed by atoms with Crippen molar-refractivity contribution < 1.29 is 14.6 Å². The molecule has 0 unspecified atom stereocenters. The summed E-state index contributed by atoms with van der Waals surface area (Å²) in [5.74, 6) is 0. The Morgan fingerprint density at radius 3 is 2.38 bits per heavy atom. The van der Waals surface area contributed by atoms with Gasteiger partial charge in [-0.05, 0) is 12.8 Å². The summed E-state index contributed by atoms with van der Waals surface area (Å²) < 4.78 is 4.77. The van der Waals surface area contributed by atoms with Crippen molar-refractivity contribution in [2.24, 2.45) is 0 Å². The lowest BCUT2D eigenvalue weighted by atomic mass is 10.1. The van der Waals surface area contributed by atoms with Crippen LogP contribution >= 0.6 is 0 Å². The summed E-state index contributed by atoms with van der Waals surface area (Å²) in [6, 6.07) is 0.228. The van der Waals surface area contributed by atoms with Crippen LogP contribution < -0.4 is 0 Å². The molecule has 78 valence electrons. The first kappa shape index (κ1) is 12.2. The molecule has 1 amide bonds. The number of aliphatic hydroxyl groups is 1. The predicted molar refractivity (Wildman–Crippen MR) is 50.6 cm³/mol. The molecule has 4 nitrogen and oxygen atoms in total. The molecule has 0 aliphatic rings. The summed E-state index contributed by atoms with van der Waals surface area (Å²) in [5.41, 5.74) is 0. The average molecular weight is 189 g/mol. The Kier molecular flexibility index (Phi) is 6.32. The third-order valence-corrected chi connectivity index (χ3v) is 2.10. The van der Waals surface area contributed by atoms with Gasteiger partial charge in [0.2, 0.25) is 0 Å². The maximum atomic E-state index is 11.3. The van der Waals surface area contributed by atoms with E-state index >= 15 is 0 Å². The summed E-state index contributed by atoms with van der Waals surface area (Å²) in [7, 11) is 1.72. The highest BCUT2D eigenvalue weighted by atomic mass is 16.6. The van der Waals surface area contributed by atoms with Crippen molar-refractivity contribution in [2.75, 3.05) is 20.3 Å². The van der Waals surface area contributed by atoms with Crippen molar-refractivity contribution in [3.05, 3.63) is 0 Å². The summed E-state index contributed by atoms with van der Waals surface area (Å²) in [6.45, 7) is 4.01. The molecule has 0 aliphatic heterocycles. The van der Waals surface area contributed by atoms with Crippen LogP contribution in [0.3, 0.4) is 0 Å². The first-order valence-corrected chi connectivity index (χ1v) is 4.67. The molecule has 0 aromatic carbocycles. The van der Waals surface area contributed by atoms with Crippen LogP contribution in [0.4, 0.5) is 4.79 Å². The van der Waals surface area contributed by atoms with E-state index in [1.807, 2.05) is 13.8 Å². The van der Waals surface area contributed by atoms with E-state index in [0.717, 1.165) is 12.8 Å². The molecular weight excluding hydrogens is 170 g/mol. The largest absolute Gasteiger partial charge is 0.447 e. The van der Waals surface area contributed by atoms with Crippen LogP contribution in [0.25, 0.3) is 0 Å². The summed E-state index contributed by atoms with van der Waals surface area (Å²) >= 11 is 0. The Bertz CT molecular complexity index is 146. The van der Waals surface area contributed by atoms with Crippen LogP contribution in [0.2, 0.25) is 0 Å². The fourth-order valence-electron chi connectivity index (χ4n) is 1.22. The van der Waals surface area contributed by atoms with E-state index in [1.54, 1.807) is 11.9 Å². The number of carbonyl (C=O) groups excluding carboxylic acids is 1. The molecule has 0 heterocycles. The van der Waals surface area contributed by atoms with Crippen LogP contribution in [-0.4, -0.2) is 42.4 Å². The Morgan fingerprint density at radius 2 is 2.00 bits per heavy atom. The predicted octanol–water partition coefficient (Wildman–Crippen LogP) is 1.24. The second kappa shape index (κ2) is 6.71. The van der Waals surface area contributed by atoms with Gasteiger partial charge in [0.05, 0.1) is 6.61 Å². The first-order valence-electron chi connectivity index (χ1n) is 4.67. The molecule has 0 spiro atoms. The lowest BCUT2D eigenvalue weighted by molar-refractivity contribution is 0.0786. The van der Waals surface area contributed by atoms with E-state index in [0.29, 0.717) is 0 Å². The van der Waals surface area contributed by atoms with Gasteiger partial charge in [0, 0.05) is 13.1 Å². The van der Waals surface area contributed by atoms with Crippen molar-refractivity contribution in [2.45, 2.75) is 32.7 Å². The molecule has 0 aliphatic carbocycles. The number of rotatable bonds is 5. The fourth-order valence-corrected chi connectivity index (χ4v) is 1.22. The van der Waals surface area contributed by atoms with Gasteiger partial charge < -0.3 is 14.7 Å². The van der Waals surface area contributed by atoms with Gasteiger partial charge in [-0.15, -0.1) is 0 Å². The minimum absolute atomic E-state index is 0.0727. The monoisotopic (exact) mass is 189 g/mol. The van der Waals surface area contributed by atoms with Crippen LogP contribution in [-0.2, 0) is 4.74 Å². The number of amides is 1. The standard InChI is InChI=1S/C9H19NO3/c1-4-8(5-2)10(3)9(12)13-7-6-11/h8,11H,4-7H2,1-3H3. The molecule has 1 N–H and O–H groups in total. The van der Waals surface area contributed by atoms with Gasteiger partial charge in [0.25, 0.3) is 0 Å². The third kappa shape index (κ3) is 4.12. The third-order valence-electron chi connectivity index (χ3n) is 2.10. The molecular formula is C9H19NO3. The Balaban J connectivity index is 3.91. The van der Waals surface area contributed by atoms with Gasteiger partial charge in [0.1, 0.15) is 6.61 Å². The van der Waals surface area contributed by atoms with Crippen molar-refractivity contribution in [1.29, 1.82) is 0 Å². The molecule has 13 heavy (non-hydrogen) atoms. The molecule has 0 aromatic heterocycles. The molecule has 4 heteroatoms. The molecule has 0 radical (unpaired) electrons. The number of nitrogens with zero attached hydrogens (tertiary/aromatic N) is 1. The number of aliphatic hydroxyl groups excluding tert-OH is 1. The molecule has 0 bridgehead atoms. The van der Waals surface area contributed by atoms with Crippen molar-refractivity contribution in [1.82, 2.24) is 4.90 Å². The van der Waals surface area contributed by atoms with E-state index < -0.39 is 0 Å². The number of ether oxygens (including phenoxy) is 1. The highest BCUT2D eigenvalue weighted by Crippen LogP contribution is 2.07. The first-order chi connectivity index (χ1) is 6.17. The molecule has 0 rings (SSSR count). The topological polar surface area (TPSA) is 49.8 Å². The Morgan fingerprint density at radius 1 is 1.46 bits per heavy atom. The Labute approximate surface area is 79.5 Å². The average Bonchev–Trinajstić information content (AvgIpc) is 2.15. The maximum Gasteiger partial charge on any atom is 0.409 e. The van der Waals surface area contributed by atoms with Crippen LogP contribution in [0.5, 0.6) is 0 Å². The molecule has 0 atom stereocenters. The molecule has 0 saturated carbocycles. The van der Waals surface area contributed by atoms with Crippen LogP contribution in [0.1, 0.15) is 26.7 Å². The highest BCUT2D eigenvalue weighted by molar-refractivity contribution is 5.67. The van der Waals surface area contributed by atoms with E-state index in [-0.39, 0.29) is 25.3 Å². The van der Waals surface area contributed by atoms with E-state index in [9.17, 15) is 4.79 Å². The second-order valence-electron chi connectivity index (χ2n) is 2.92. The number of hydrogen-bond donors (Lipinski definition) is 1. The summed E-state index contributed by atoms with van der Waals surface area (Å²) in [4.78, 5) is 12.8. The van der Waals surface area contributed by atoms with Crippen LogP contribution in [0.15, 0.2) is 0 Å². The number of hydrogen-bond acceptors (Lipinski definition) is 3. The number of carbonyl (C=O) groups is 1. The van der Waals surface area contributed by atoms with Gasteiger partial charge in [-0.25, -0.2) is 4.79 Å². The minimum Gasteiger partial charge on any atom is -0.447 e. The van der Waals surface area contributed by atoms with E-state index in [1.165, 1.54) is 0 Å². The van der Waals surface area contributed by atoms with Crippen molar-refractivity contribution in [3.63, 3.8) is 0 Å². The molecule has 0 fully saturated rings. The van der Waals surface area contributed by atoms with Crippen molar-refractivity contribution in [3.8, 4) is 0 Å². The molecule has 0 aromatic rings. The zero-order valence-electron chi connectivity index (χ0n) is 8.62. The zero-order chi connectivity index (χ0) is 10.3. The van der Waals surface area contributed by atoms with Gasteiger partial charge in [-0.3, -0.25) is 0 Å². The smallest absolute Gasteiger partial charge is 0.409 e. The van der Waals surface area contributed by atoms with Gasteiger partial charge in [-0.1, -0.05) is 13.8 Å². The lowest BCUT2D eigenvalue weighted by Crippen LogP contribution is -2.37. The lowest BCUT2D eigenvalue weighted by Gasteiger charge is -2.25. The van der Waals surface area contributed by atoms with Crippen LogP contribution in [0, 0.1) is 0 Å². The van der Waals surface area contributed by atoms with Gasteiger partial charge >= 0.3 is 6.09 Å². The minimum atomic E-state index is -0.359. The SMILES string of the molecule is CCC(CC)N(C)C(=O)OCCO. The zero-order valence-corrected chi connectivity index (χ0v) is 8.62. The maximum absolute atomic E-state index is 11.3. The normalized spacial score (nSPS) is 10.2. The van der Waals surface area contributed by atoms with Gasteiger partial charge in [0.15, 0.2) is 0 Å². The van der Waals surface area contributed by atoms with E-state index in [4.69, 9.17) is 9.84 Å². The summed E-state index contributed by atoms with van der Waals surface area (Å²) in [5, 5.41) is 8.45. The summed E-state index contributed by atoms with van der Waals surface area (Å²) in [6.07, 6.45) is 1.48. The van der Waals surface area contributed by atoms with E-state index in [2.05, 4.69) is 0 Å². The fraction of sp³-hybridized carbons (Fsp3) is 0.889. The van der Waals surface area contributed by atoms with Gasteiger partial charge in [-0.2, -0.15) is 0 Å². The quantitative estimate of drug-likeness (QED) is 0.707. The Hall–Kier alpha value is -0.770.